The maximum atomic E-state index is 12.7. The third kappa shape index (κ3) is 5.75. The number of hydrogen-bond donors (Lipinski definition) is 1. The molecule has 7 heteroatoms. The molecule has 0 spiro atoms. The molecule has 152 valence electrons. The molecular formula is C21H28N2O3S2. The fourth-order valence-electron chi connectivity index (χ4n) is 2.94. The van der Waals surface area contributed by atoms with Gasteiger partial charge in [0, 0.05) is 4.90 Å². The molecule has 0 radical (unpaired) electrons. The SMILES string of the molecule is CCC(NC(=O)CN(c1cccc(SC)c1)S(C)(=O)=O)c1ccc(C)c(C)c1. The Kier molecular flexibility index (Phi) is 7.55. The Morgan fingerprint density at radius 2 is 1.86 bits per heavy atom. The molecule has 1 atom stereocenters. The molecule has 0 heterocycles. The van der Waals surface area contributed by atoms with Gasteiger partial charge in [-0.25, -0.2) is 8.42 Å². The van der Waals surface area contributed by atoms with E-state index in [1.54, 1.807) is 18.2 Å². The van der Waals surface area contributed by atoms with Crippen molar-refractivity contribution in [2.24, 2.45) is 0 Å². The summed E-state index contributed by atoms with van der Waals surface area (Å²) in [5.74, 6) is -0.329. The maximum Gasteiger partial charge on any atom is 0.241 e. The second-order valence-corrected chi connectivity index (χ2v) is 9.63. The number of nitrogens with zero attached hydrogens (tertiary/aromatic N) is 1. The van der Waals surface area contributed by atoms with Crippen molar-refractivity contribution in [1.82, 2.24) is 5.32 Å². The summed E-state index contributed by atoms with van der Waals surface area (Å²) in [5, 5.41) is 2.98. The van der Waals surface area contributed by atoms with Crippen LogP contribution in [0.4, 0.5) is 5.69 Å². The highest BCUT2D eigenvalue weighted by atomic mass is 32.2. The summed E-state index contributed by atoms with van der Waals surface area (Å²) in [7, 11) is -3.59. The number of rotatable bonds is 8. The van der Waals surface area contributed by atoms with Crippen LogP contribution < -0.4 is 9.62 Å². The van der Waals surface area contributed by atoms with Crippen LogP contribution in [0.5, 0.6) is 0 Å². The molecule has 0 aliphatic carbocycles. The number of sulfonamides is 1. The van der Waals surface area contributed by atoms with Gasteiger partial charge in [-0.2, -0.15) is 0 Å². The topological polar surface area (TPSA) is 66.5 Å². The first kappa shape index (κ1) is 22.3. The van der Waals surface area contributed by atoms with E-state index < -0.39 is 10.0 Å². The van der Waals surface area contributed by atoms with E-state index in [0.717, 1.165) is 33.0 Å². The first-order valence-electron chi connectivity index (χ1n) is 9.14. The molecule has 0 aliphatic rings. The van der Waals surface area contributed by atoms with E-state index in [4.69, 9.17) is 0 Å². The molecular weight excluding hydrogens is 392 g/mol. The molecule has 1 amide bonds. The zero-order valence-electron chi connectivity index (χ0n) is 17.0. The van der Waals surface area contributed by atoms with E-state index in [1.165, 1.54) is 17.3 Å². The fraction of sp³-hybridized carbons (Fsp3) is 0.381. The standard InChI is InChI=1S/C21H28N2O3S2/c1-6-20(17-11-10-15(2)16(3)12-17)22-21(24)14-23(28(5,25)26)18-8-7-9-19(13-18)27-4/h7-13,20H,6,14H2,1-5H3,(H,22,24). The van der Waals surface area contributed by atoms with Crippen molar-refractivity contribution in [2.45, 2.75) is 38.1 Å². The van der Waals surface area contributed by atoms with Crippen LogP contribution in [0, 0.1) is 13.8 Å². The van der Waals surface area contributed by atoms with Gasteiger partial charge in [-0.1, -0.05) is 31.2 Å². The van der Waals surface area contributed by atoms with Crippen LogP contribution in [0.1, 0.15) is 36.1 Å². The summed E-state index contributed by atoms with van der Waals surface area (Å²) in [6.07, 6.45) is 3.76. The van der Waals surface area contributed by atoms with E-state index in [1.807, 2.05) is 45.2 Å². The predicted molar refractivity (Wildman–Crippen MR) is 118 cm³/mol. The molecule has 0 bridgehead atoms. The van der Waals surface area contributed by atoms with Gasteiger partial charge in [0.2, 0.25) is 15.9 Å². The van der Waals surface area contributed by atoms with Crippen molar-refractivity contribution in [3.05, 3.63) is 59.2 Å². The molecule has 0 fully saturated rings. The average Bonchev–Trinajstić information content (AvgIpc) is 2.65. The Balaban J connectivity index is 2.21. The van der Waals surface area contributed by atoms with E-state index >= 15 is 0 Å². The normalized spacial score (nSPS) is 12.5. The van der Waals surface area contributed by atoms with Gasteiger partial charge in [0.05, 0.1) is 18.0 Å². The van der Waals surface area contributed by atoms with Crippen LogP contribution in [-0.2, 0) is 14.8 Å². The van der Waals surface area contributed by atoms with Gasteiger partial charge in [-0.3, -0.25) is 9.10 Å². The molecule has 1 unspecified atom stereocenters. The molecule has 5 nitrogen and oxygen atoms in total. The van der Waals surface area contributed by atoms with Crippen LogP contribution in [0.2, 0.25) is 0 Å². The highest BCUT2D eigenvalue weighted by Crippen LogP contribution is 2.24. The minimum Gasteiger partial charge on any atom is -0.348 e. The minimum atomic E-state index is -3.59. The average molecular weight is 421 g/mol. The molecule has 0 aromatic heterocycles. The van der Waals surface area contributed by atoms with Crippen molar-refractivity contribution in [2.75, 3.05) is 23.4 Å². The number of aryl methyl sites for hydroxylation is 2. The van der Waals surface area contributed by atoms with E-state index in [9.17, 15) is 13.2 Å². The number of benzene rings is 2. The first-order chi connectivity index (χ1) is 13.2. The van der Waals surface area contributed by atoms with Gasteiger partial charge in [-0.15, -0.1) is 11.8 Å². The molecule has 0 saturated carbocycles. The number of carbonyl (C=O) groups is 1. The Hall–Kier alpha value is -1.99. The van der Waals surface area contributed by atoms with Gasteiger partial charge in [0.25, 0.3) is 0 Å². The summed E-state index contributed by atoms with van der Waals surface area (Å²) < 4.78 is 25.8. The molecule has 0 saturated heterocycles. The Morgan fingerprint density at radius 3 is 2.43 bits per heavy atom. The van der Waals surface area contributed by atoms with E-state index in [-0.39, 0.29) is 18.5 Å². The van der Waals surface area contributed by atoms with Gasteiger partial charge < -0.3 is 5.32 Å². The maximum absolute atomic E-state index is 12.7. The summed E-state index contributed by atoms with van der Waals surface area (Å²) >= 11 is 1.52. The number of thioether (sulfide) groups is 1. The van der Waals surface area contributed by atoms with E-state index in [0.29, 0.717) is 5.69 Å². The zero-order valence-corrected chi connectivity index (χ0v) is 18.7. The number of hydrogen-bond acceptors (Lipinski definition) is 4. The van der Waals surface area contributed by atoms with Gasteiger partial charge in [0.15, 0.2) is 0 Å². The number of carbonyl (C=O) groups excluding carboxylic acids is 1. The predicted octanol–water partition coefficient (Wildman–Crippen LogP) is 4.06. The molecule has 2 aromatic rings. The van der Waals surface area contributed by atoms with Crippen LogP contribution in [-0.4, -0.2) is 33.4 Å². The molecule has 2 aromatic carbocycles. The largest absolute Gasteiger partial charge is 0.348 e. The lowest BCUT2D eigenvalue weighted by Crippen LogP contribution is -2.41. The Bertz CT molecular complexity index is 942. The van der Waals surface area contributed by atoms with Crippen molar-refractivity contribution in [3.8, 4) is 0 Å². The van der Waals surface area contributed by atoms with Crippen molar-refractivity contribution in [1.29, 1.82) is 0 Å². The highest BCUT2D eigenvalue weighted by molar-refractivity contribution is 7.98. The Morgan fingerprint density at radius 1 is 1.14 bits per heavy atom. The second-order valence-electron chi connectivity index (χ2n) is 6.84. The van der Waals surface area contributed by atoms with Gasteiger partial charge >= 0.3 is 0 Å². The van der Waals surface area contributed by atoms with Crippen LogP contribution in [0.3, 0.4) is 0 Å². The lowest BCUT2D eigenvalue weighted by Gasteiger charge is -2.24. The molecule has 2 rings (SSSR count). The molecule has 28 heavy (non-hydrogen) atoms. The number of amides is 1. The summed E-state index contributed by atoms with van der Waals surface area (Å²) in [4.78, 5) is 13.6. The summed E-state index contributed by atoms with van der Waals surface area (Å²) in [6.45, 7) is 5.83. The van der Waals surface area contributed by atoms with Crippen LogP contribution >= 0.6 is 11.8 Å². The third-order valence-corrected chi connectivity index (χ3v) is 6.57. The van der Waals surface area contributed by atoms with Gasteiger partial charge in [0.1, 0.15) is 6.54 Å². The molecule has 1 N–H and O–H groups in total. The minimum absolute atomic E-state index is 0.161. The smallest absolute Gasteiger partial charge is 0.241 e. The quantitative estimate of drug-likeness (QED) is 0.654. The number of nitrogens with one attached hydrogen (secondary N) is 1. The van der Waals surface area contributed by atoms with Crippen molar-refractivity contribution >= 4 is 33.4 Å². The second kappa shape index (κ2) is 9.47. The lowest BCUT2D eigenvalue weighted by atomic mass is 9.99. The van der Waals surface area contributed by atoms with Gasteiger partial charge in [-0.05, 0) is 61.4 Å². The Labute approximate surface area is 172 Å². The van der Waals surface area contributed by atoms with Crippen LogP contribution in [0.25, 0.3) is 0 Å². The first-order valence-corrected chi connectivity index (χ1v) is 12.2. The van der Waals surface area contributed by atoms with Crippen LogP contribution in [0.15, 0.2) is 47.4 Å². The van der Waals surface area contributed by atoms with Crippen molar-refractivity contribution < 1.29 is 13.2 Å². The molecule has 0 aliphatic heterocycles. The van der Waals surface area contributed by atoms with E-state index in [2.05, 4.69) is 11.4 Å². The summed E-state index contributed by atoms with van der Waals surface area (Å²) in [6, 6.07) is 13.1. The van der Waals surface area contributed by atoms with Crippen molar-refractivity contribution in [3.63, 3.8) is 0 Å². The summed E-state index contributed by atoms with van der Waals surface area (Å²) in [5.41, 5.74) is 3.87. The fourth-order valence-corrected chi connectivity index (χ4v) is 4.24. The third-order valence-electron chi connectivity index (χ3n) is 4.71. The zero-order chi connectivity index (χ0) is 20.9. The number of anilines is 1. The highest BCUT2D eigenvalue weighted by Gasteiger charge is 2.23. The lowest BCUT2D eigenvalue weighted by molar-refractivity contribution is -0.120. The monoisotopic (exact) mass is 420 g/mol.